The van der Waals surface area contributed by atoms with Crippen LogP contribution in [0.4, 0.5) is 0 Å². The van der Waals surface area contributed by atoms with Gasteiger partial charge in [0.05, 0.1) is 11.9 Å². The second-order valence-corrected chi connectivity index (χ2v) is 5.95. The van der Waals surface area contributed by atoms with Gasteiger partial charge in [0.25, 0.3) is 0 Å². The monoisotopic (exact) mass is 234 g/mol. The standard InChI is InChI=1S/C9H11ClO3S/c1-7-2-4-8(5-3-7)9(11)6-14(10,12)13/h2-5,9,11H,6H2,1H3. The van der Waals surface area contributed by atoms with Gasteiger partial charge in [0.1, 0.15) is 0 Å². The third-order valence-corrected chi connectivity index (χ3v) is 2.91. The molecule has 0 amide bonds. The maximum atomic E-state index is 10.7. The number of rotatable bonds is 3. The SMILES string of the molecule is Cc1ccc(C(O)CS(=O)(=O)Cl)cc1. The summed E-state index contributed by atoms with van der Waals surface area (Å²) in [5.74, 6) is -0.461. The second kappa shape index (κ2) is 4.29. The Morgan fingerprint density at radius 1 is 1.36 bits per heavy atom. The Balaban J connectivity index is 2.80. The summed E-state index contributed by atoms with van der Waals surface area (Å²) in [6.45, 7) is 1.91. The zero-order valence-electron chi connectivity index (χ0n) is 7.64. The topological polar surface area (TPSA) is 54.4 Å². The summed E-state index contributed by atoms with van der Waals surface area (Å²) in [5.41, 5.74) is 1.61. The summed E-state index contributed by atoms with van der Waals surface area (Å²) in [6, 6.07) is 6.98. The molecule has 0 bridgehead atoms. The Morgan fingerprint density at radius 3 is 2.29 bits per heavy atom. The minimum atomic E-state index is -3.66. The van der Waals surface area contributed by atoms with Crippen LogP contribution in [0.5, 0.6) is 0 Å². The van der Waals surface area contributed by atoms with Crippen molar-refractivity contribution in [3.05, 3.63) is 35.4 Å². The van der Waals surface area contributed by atoms with E-state index in [-0.39, 0.29) is 0 Å². The molecule has 0 heterocycles. The molecule has 0 spiro atoms. The van der Waals surface area contributed by atoms with Crippen LogP contribution < -0.4 is 0 Å². The smallest absolute Gasteiger partial charge is 0.235 e. The van der Waals surface area contributed by atoms with Crippen molar-refractivity contribution in [1.29, 1.82) is 0 Å². The number of aliphatic hydroxyl groups is 1. The fourth-order valence-electron chi connectivity index (χ4n) is 1.07. The van der Waals surface area contributed by atoms with Gasteiger partial charge in [0.2, 0.25) is 9.05 Å². The molecule has 0 saturated carbocycles. The zero-order valence-corrected chi connectivity index (χ0v) is 9.22. The van der Waals surface area contributed by atoms with Crippen molar-refractivity contribution >= 4 is 19.7 Å². The van der Waals surface area contributed by atoms with Crippen LogP contribution >= 0.6 is 10.7 Å². The molecule has 5 heteroatoms. The average Bonchev–Trinajstić information content (AvgIpc) is 2.02. The molecular formula is C9H11ClO3S. The van der Waals surface area contributed by atoms with Crippen LogP contribution in [0.3, 0.4) is 0 Å². The molecule has 1 unspecified atom stereocenters. The van der Waals surface area contributed by atoms with Crippen molar-refractivity contribution in [3.63, 3.8) is 0 Å². The number of hydrogen-bond acceptors (Lipinski definition) is 3. The van der Waals surface area contributed by atoms with Crippen LogP contribution in [0.25, 0.3) is 0 Å². The van der Waals surface area contributed by atoms with Crippen LogP contribution in [-0.2, 0) is 9.05 Å². The van der Waals surface area contributed by atoms with Gasteiger partial charge in [0.15, 0.2) is 0 Å². The number of aliphatic hydroxyl groups excluding tert-OH is 1. The molecule has 1 rings (SSSR count). The summed E-state index contributed by atoms with van der Waals surface area (Å²) in [6.07, 6.45) is -1.06. The van der Waals surface area contributed by atoms with Crippen molar-refractivity contribution in [2.24, 2.45) is 0 Å². The maximum Gasteiger partial charge on any atom is 0.235 e. The highest BCUT2D eigenvalue weighted by Gasteiger charge is 2.15. The summed E-state index contributed by atoms with van der Waals surface area (Å²) in [4.78, 5) is 0. The molecule has 0 radical (unpaired) electrons. The molecule has 1 aromatic carbocycles. The summed E-state index contributed by atoms with van der Waals surface area (Å²) in [7, 11) is 1.36. The lowest BCUT2D eigenvalue weighted by molar-refractivity contribution is 0.202. The molecule has 1 aromatic rings. The lowest BCUT2D eigenvalue weighted by Gasteiger charge is -2.08. The maximum absolute atomic E-state index is 10.7. The number of benzene rings is 1. The van der Waals surface area contributed by atoms with Crippen LogP contribution in [-0.4, -0.2) is 19.3 Å². The first-order valence-corrected chi connectivity index (χ1v) is 6.53. The molecule has 3 nitrogen and oxygen atoms in total. The predicted molar refractivity (Wildman–Crippen MR) is 55.8 cm³/mol. The van der Waals surface area contributed by atoms with E-state index in [1.54, 1.807) is 24.3 Å². The highest BCUT2D eigenvalue weighted by molar-refractivity contribution is 8.13. The molecular weight excluding hydrogens is 224 g/mol. The van der Waals surface area contributed by atoms with Crippen LogP contribution in [0.15, 0.2) is 24.3 Å². The van der Waals surface area contributed by atoms with Gasteiger partial charge < -0.3 is 5.11 Å². The van der Waals surface area contributed by atoms with E-state index in [1.165, 1.54) is 0 Å². The Morgan fingerprint density at radius 2 is 1.86 bits per heavy atom. The van der Waals surface area contributed by atoms with Crippen molar-refractivity contribution in [1.82, 2.24) is 0 Å². The van der Waals surface area contributed by atoms with E-state index in [1.807, 2.05) is 6.92 Å². The first-order chi connectivity index (χ1) is 6.38. The van der Waals surface area contributed by atoms with E-state index in [0.29, 0.717) is 5.56 Å². The van der Waals surface area contributed by atoms with E-state index in [0.717, 1.165) is 5.56 Å². The van der Waals surface area contributed by atoms with Crippen LogP contribution in [0.2, 0.25) is 0 Å². The lowest BCUT2D eigenvalue weighted by atomic mass is 10.1. The number of halogens is 1. The Bertz CT molecular complexity index is 397. The quantitative estimate of drug-likeness (QED) is 0.809. The van der Waals surface area contributed by atoms with E-state index in [2.05, 4.69) is 0 Å². The van der Waals surface area contributed by atoms with Gasteiger partial charge >= 0.3 is 0 Å². The first kappa shape index (κ1) is 11.5. The van der Waals surface area contributed by atoms with E-state index < -0.39 is 20.9 Å². The summed E-state index contributed by atoms with van der Waals surface area (Å²) in [5, 5.41) is 9.48. The van der Waals surface area contributed by atoms with E-state index >= 15 is 0 Å². The van der Waals surface area contributed by atoms with Gasteiger partial charge in [-0.05, 0) is 12.5 Å². The predicted octanol–water partition coefficient (Wildman–Crippen LogP) is 1.60. The molecule has 0 aliphatic carbocycles. The zero-order chi connectivity index (χ0) is 10.8. The van der Waals surface area contributed by atoms with Gasteiger partial charge in [0, 0.05) is 10.7 Å². The van der Waals surface area contributed by atoms with Gasteiger partial charge in [-0.1, -0.05) is 29.8 Å². The van der Waals surface area contributed by atoms with Gasteiger partial charge in [-0.3, -0.25) is 0 Å². The fourth-order valence-corrected chi connectivity index (χ4v) is 2.00. The molecule has 0 aliphatic heterocycles. The molecule has 1 N–H and O–H groups in total. The molecule has 78 valence electrons. The second-order valence-electron chi connectivity index (χ2n) is 3.13. The Labute approximate surface area is 87.8 Å². The van der Waals surface area contributed by atoms with E-state index in [9.17, 15) is 13.5 Å². The first-order valence-electron chi connectivity index (χ1n) is 4.05. The van der Waals surface area contributed by atoms with Crippen molar-refractivity contribution in [3.8, 4) is 0 Å². The normalized spacial score (nSPS) is 13.9. The molecule has 14 heavy (non-hydrogen) atoms. The van der Waals surface area contributed by atoms with Crippen molar-refractivity contribution in [2.45, 2.75) is 13.0 Å². The van der Waals surface area contributed by atoms with Gasteiger partial charge in [-0.15, -0.1) is 0 Å². The highest BCUT2D eigenvalue weighted by Crippen LogP contribution is 2.16. The highest BCUT2D eigenvalue weighted by atomic mass is 35.7. The molecule has 0 aliphatic rings. The minimum Gasteiger partial charge on any atom is -0.387 e. The summed E-state index contributed by atoms with van der Waals surface area (Å²) >= 11 is 0. The lowest BCUT2D eigenvalue weighted by Crippen LogP contribution is -2.09. The largest absolute Gasteiger partial charge is 0.387 e. The molecule has 0 aromatic heterocycles. The average molecular weight is 235 g/mol. The Kier molecular flexibility index (Phi) is 3.53. The third kappa shape index (κ3) is 3.65. The third-order valence-electron chi connectivity index (χ3n) is 1.82. The summed E-state index contributed by atoms with van der Waals surface area (Å²) < 4.78 is 21.4. The Hall–Kier alpha value is -0.580. The molecule has 1 atom stereocenters. The van der Waals surface area contributed by atoms with Crippen LogP contribution in [0, 0.1) is 6.92 Å². The van der Waals surface area contributed by atoms with Crippen molar-refractivity contribution < 1.29 is 13.5 Å². The van der Waals surface area contributed by atoms with Crippen molar-refractivity contribution in [2.75, 3.05) is 5.75 Å². The molecule has 0 saturated heterocycles. The molecule has 0 fully saturated rings. The number of aryl methyl sites for hydroxylation is 1. The van der Waals surface area contributed by atoms with E-state index in [4.69, 9.17) is 10.7 Å². The minimum absolute atomic E-state index is 0.461. The van der Waals surface area contributed by atoms with Gasteiger partial charge in [-0.2, -0.15) is 0 Å². The number of hydrogen-bond donors (Lipinski definition) is 1. The fraction of sp³-hybridized carbons (Fsp3) is 0.333. The van der Waals surface area contributed by atoms with Gasteiger partial charge in [-0.25, -0.2) is 8.42 Å². The van der Waals surface area contributed by atoms with Crippen LogP contribution in [0.1, 0.15) is 17.2 Å².